The lowest BCUT2D eigenvalue weighted by molar-refractivity contribution is -0.140. The van der Waals surface area contributed by atoms with Gasteiger partial charge in [0, 0.05) is 28.3 Å². The second kappa shape index (κ2) is 9.06. The van der Waals surface area contributed by atoms with Crippen molar-refractivity contribution in [2.75, 3.05) is 14.2 Å². The van der Waals surface area contributed by atoms with E-state index >= 15 is 0 Å². The van der Waals surface area contributed by atoms with Crippen molar-refractivity contribution < 1.29 is 23.8 Å². The number of carbonyl (C=O) groups is 2. The van der Waals surface area contributed by atoms with E-state index in [4.69, 9.17) is 25.8 Å². The summed E-state index contributed by atoms with van der Waals surface area (Å²) in [5.74, 6) is 0.269. The molecule has 0 saturated carbocycles. The molecule has 0 heterocycles. The maximum absolute atomic E-state index is 12.3. The molecule has 0 N–H and O–H groups in total. The molecule has 136 valence electrons. The second-order valence-electron chi connectivity index (χ2n) is 5.39. The van der Waals surface area contributed by atoms with Crippen LogP contribution in [0, 0.1) is 0 Å². The molecule has 0 aliphatic heterocycles. The van der Waals surface area contributed by atoms with Gasteiger partial charge in [-0.1, -0.05) is 11.6 Å². The van der Waals surface area contributed by atoms with Gasteiger partial charge in [0.15, 0.2) is 6.10 Å². The number of ketones is 1. The first-order valence-corrected chi connectivity index (χ1v) is 8.23. The molecule has 0 bridgehead atoms. The molecular formula is C20H19ClO5. The van der Waals surface area contributed by atoms with E-state index in [0.717, 1.165) is 0 Å². The number of halogens is 1. The van der Waals surface area contributed by atoms with Gasteiger partial charge in [0.25, 0.3) is 0 Å². The van der Waals surface area contributed by atoms with E-state index in [1.54, 1.807) is 55.7 Å². The van der Waals surface area contributed by atoms with E-state index in [-0.39, 0.29) is 5.78 Å². The summed E-state index contributed by atoms with van der Waals surface area (Å²) in [5.41, 5.74) is 1.11. The average molecular weight is 375 g/mol. The number of rotatable bonds is 7. The minimum atomic E-state index is -0.911. The number of hydrogen-bond donors (Lipinski definition) is 0. The van der Waals surface area contributed by atoms with Crippen molar-refractivity contribution in [1.29, 1.82) is 0 Å². The van der Waals surface area contributed by atoms with E-state index in [0.29, 0.717) is 27.6 Å². The Kier molecular flexibility index (Phi) is 6.81. The molecule has 0 amide bonds. The number of Topliss-reactive ketones (excluding diaryl/α,β-unsaturated/α-hetero) is 1. The number of esters is 1. The first kappa shape index (κ1) is 19.5. The van der Waals surface area contributed by atoms with Crippen LogP contribution in [0.5, 0.6) is 11.5 Å². The van der Waals surface area contributed by atoms with Crippen LogP contribution >= 0.6 is 11.6 Å². The molecule has 1 atom stereocenters. The molecule has 26 heavy (non-hydrogen) atoms. The zero-order valence-corrected chi connectivity index (χ0v) is 15.4. The van der Waals surface area contributed by atoms with Gasteiger partial charge >= 0.3 is 5.97 Å². The second-order valence-corrected chi connectivity index (χ2v) is 5.83. The lowest BCUT2D eigenvalue weighted by Crippen LogP contribution is -2.23. The zero-order chi connectivity index (χ0) is 19.1. The summed E-state index contributed by atoms with van der Waals surface area (Å²) in [4.78, 5) is 24.2. The molecule has 0 aliphatic carbocycles. The average Bonchev–Trinajstić information content (AvgIpc) is 2.66. The molecule has 2 aromatic rings. The molecule has 2 aromatic carbocycles. The van der Waals surface area contributed by atoms with Gasteiger partial charge in [-0.25, -0.2) is 4.79 Å². The topological polar surface area (TPSA) is 61.8 Å². The highest BCUT2D eigenvalue weighted by Gasteiger charge is 2.18. The molecule has 0 radical (unpaired) electrons. The molecule has 0 unspecified atom stereocenters. The molecule has 0 spiro atoms. The Balaban J connectivity index is 2.02. The van der Waals surface area contributed by atoms with Gasteiger partial charge in [0.2, 0.25) is 5.78 Å². The van der Waals surface area contributed by atoms with E-state index in [2.05, 4.69) is 0 Å². The number of benzene rings is 2. The summed E-state index contributed by atoms with van der Waals surface area (Å²) < 4.78 is 15.5. The monoisotopic (exact) mass is 374 g/mol. The number of hydrogen-bond acceptors (Lipinski definition) is 5. The highest BCUT2D eigenvalue weighted by molar-refractivity contribution is 6.30. The van der Waals surface area contributed by atoms with Crippen LogP contribution in [0.15, 0.2) is 48.5 Å². The van der Waals surface area contributed by atoms with Crippen molar-refractivity contribution >= 4 is 29.4 Å². The smallest absolute Gasteiger partial charge is 0.331 e. The predicted molar refractivity (Wildman–Crippen MR) is 99.9 cm³/mol. The summed E-state index contributed by atoms with van der Waals surface area (Å²) in [6.45, 7) is 1.52. The predicted octanol–water partition coefficient (Wildman–Crippen LogP) is 4.19. The number of ether oxygens (including phenoxy) is 3. The van der Waals surface area contributed by atoms with Gasteiger partial charge in [-0.05, 0) is 49.4 Å². The van der Waals surface area contributed by atoms with E-state index in [9.17, 15) is 9.59 Å². The Labute approximate surface area is 157 Å². The Hall–Kier alpha value is -2.79. The quantitative estimate of drug-likeness (QED) is 0.413. The van der Waals surface area contributed by atoms with Gasteiger partial charge < -0.3 is 14.2 Å². The van der Waals surface area contributed by atoms with Crippen LogP contribution in [0.1, 0.15) is 22.8 Å². The molecule has 0 fully saturated rings. The minimum Gasteiger partial charge on any atom is -0.497 e. The summed E-state index contributed by atoms with van der Waals surface area (Å²) >= 11 is 5.80. The van der Waals surface area contributed by atoms with Crippen molar-refractivity contribution in [3.63, 3.8) is 0 Å². The molecule has 5 nitrogen and oxygen atoms in total. The zero-order valence-electron chi connectivity index (χ0n) is 14.7. The van der Waals surface area contributed by atoms with Crippen LogP contribution < -0.4 is 9.47 Å². The first-order chi connectivity index (χ1) is 12.4. The van der Waals surface area contributed by atoms with Crippen LogP contribution in [0.25, 0.3) is 6.08 Å². The lowest BCUT2D eigenvalue weighted by Gasteiger charge is -2.11. The highest BCUT2D eigenvalue weighted by atomic mass is 35.5. The fraction of sp³-hybridized carbons (Fsp3) is 0.200. The lowest BCUT2D eigenvalue weighted by atomic mass is 10.1. The number of carbonyl (C=O) groups excluding carboxylic acids is 2. The standard InChI is InChI=1S/C20H19ClO5/c1-13(20(23)15-4-8-16(21)9-5-15)26-19(22)11-7-14-6-10-17(24-2)12-18(14)25-3/h4-13H,1-3H3/b11-7+/t13-/m1/s1. The van der Waals surface area contributed by atoms with Gasteiger partial charge in [0.05, 0.1) is 14.2 Å². The molecule has 2 rings (SSSR count). The van der Waals surface area contributed by atoms with Crippen LogP contribution in [-0.2, 0) is 9.53 Å². The van der Waals surface area contributed by atoms with Crippen LogP contribution in [0.2, 0.25) is 5.02 Å². The SMILES string of the molecule is COc1ccc(/C=C/C(=O)O[C@H](C)C(=O)c2ccc(Cl)cc2)c(OC)c1. The maximum Gasteiger partial charge on any atom is 0.331 e. The summed E-state index contributed by atoms with van der Waals surface area (Å²) in [6, 6.07) is 11.6. The van der Waals surface area contributed by atoms with Gasteiger partial charge in [-0.2, -0.15) is 0 Å². The summed E-state index contributed by atoms with van der Waals surface area (Å²) in [7, 11) is 3.08. The molecule has 0 saturated heterocycles. The van der Waals surface area contributed by atoms with E-state index in [1.807, 2.05) is 0 Å². The Morgan fingerprint density at radius 3 is 2.35 bits per heavy atom. The van der Waals surface area contributed by atoms with Crippen molar-refractivity contribution in [1.82, 2.24) is 0 Å². The summed E-state index contributed by atoms with van der Waals surface area (Å²) in [5, 5.41) is 0.530. The van der Waals surface area contributed by atoms with Gasteiger partial charge in [-0.3, -0.25) is 4.79 Å². The molecule has 0 aliphatic rings. The number of methoxy groups -OCH3 is 2. The van der Waals surface area contributed by atoms with Crippen LogP contribution in [0.4, 0.5) is 0 Å². The molecular weight excluding hydrogens is 356 g/mol. The van der Waals surface area contributed by atoms with Crippen molar-refractivity contribution in [3.8, 4) is 11.5 Å². The normalized spacial score (nSPS) is 11.8. The largest absolute Gasteiger partial charge is 0.497 e. The van der Waals surface area contributed by atoms with Crippen LogP contribution in [-0.4, -0.2) is 32.1 Å². The third-order valence-electron chi connectivity index (χ3n) is 3.63. The third kappa shape index (κ3) is 5.10. The Morgan fingerprint density at radius 2 is 1.73 bits per heavy atom. The van der Waals surface area contributed by atoms with Gasteiger partial charge in [0.1, 0.15) is 11.5 Å². The first-order valence-electron chi connectivity index (χ1n) is 7.85. The fourth-order valence-corrected chi connectivity index (χ4v) is 2.36. The van der Waals surface area contributed by atoms with E-state index in [1.165, 1.54) is 20.1 Å². The van der Waals surface area contributed by atoms with Crippen LogP contribution in [0.3, 0.4) is 0 Å². The highest BCUT2D eigenvalue weighted by Crippen LogP contribution is 2.25. The van der Waals surface area contributed by atoms with Crippen molar-refractivity contribution in [2.45, 2.75) is 13.0 Å². The third-order valence-corrected chi connectivity index (χ3v) is 3.88. The fourth-order valence-electron chi connectivity index (χ4n) is 2.23. The van der Waals surface area contributed by atoms with Crippen molar-refractivity contribution in [2.24, 2.45) is 0 Å². The Morgan fingerprint density at radius 1 is 1.04 bits per heavy atom. The Bertz CT molecular complexity index is 811. The van der Waals surface area contributed by atoms with E-state index < -0.39 is 12.1 Å². The summed E-state index contributed by atoms with van der Waals surface area (Å²) in [6.07, 6.45) is 1.89. The minimum absolute atomic E-state index is 0.301. The van der Waals surface area contributed by atoms with Crippen molar-refractivity contribution in [3.05, 3.63) is 64.7 Å². The van der Waals surface area contributed by atoms with Gasteiger partial charge in [-0.15, -0.1) is 0 Å². The maximum atomic E-state index is 12.3. The molecule has 0 aromatic heterocycles. The molecule has 6 heteroatoms.